The van der Waals surface area contributed by atoms with Crippen LogP contribution < -0.4 is 0 Å². The maximum atomic E-state index is 5.16. The Labute approximate surface area is 235 Å². The molecule has 0 bridgehead atoms. The van der Waals surface area contributed by atoms with E-state index in [1.807, 2.05) is 0 Å². The van der Waals surface area contributed by atoms with Crippen LogP contribution in [0, 0.1) is 6.92 Å². The largest absolute Gasteiger partial charge is 0.308 e. The fourth-order valence-corrected chi connectivity index (χ4v) is 7.47. The molecule has 0 saturated carbocycles. The van der Waals surface area contributed by atoms with Gasteiger partial charge < -0.3 is 4.40 Å². The maximum absolute atomic E-state index is 5.16. The SMILES string of the molecule is Cc1nc(-n2c3cc4c(cc3c3c5c6ccccc6n6c7ccccc7c(cc32)c56)CCC=C4)nc2ccccc12. The molecule has 9 aromatic rings. The Balaban J connectivity index is 1.51. The van der Waals surface area contributed by atoms with Crippen molar-refractivity contribution in [3.63, 3.8) is 0 Å². The lowest BCUT2D eigenvalue weighted by molar-refractivity contribution is 0.978. The summed E-state index contributed by atoms with van der Waals surface area (Å²) < 4.78 is 4.78. The van der Waals surface area contributed by atoms with Gasteiger partial charge in [0.25, 0.3) is 0 Å². The van der Waals surface area contributed by atoms with Crippen LogP contribution >= 0.6 is 0 Å². The topological polar surface area (TPSA) is 35.1 Å². The number of rotatable bonds is 1. The number of fused-ring (bicyclic) bond motifs is 12. The molecule has 0 N–H and O–H groups in total. The highest BCUT2D eigenvalue weighted by atomic mass is 15.2. The van der Waals surface area contributed by atoms with E-state index in [9.17, 15) is 0 Å². The molecule has 10 rings (SSSR count). The van der Waals surface area contributed by atoms with Crippen LogP contribution in [0.4, 0.5) is 0 Å². The quantitative estimate of drug-likeness (QED) is 0.215. The second-order valence-electron chi connectivity index (χ2n) is 11.4. The summed E-state index contributed by atoms with van der Waals surface area (Å²) in [5.74, 6) is 0.725. The Morgan fingerprint density at radius 1 is 0.634 bits per heavy atom. The minimum absolute atomic E-state index is 0.725. The van der Waals surface area contributed by atoms with Crippen LogP contribution in [-0.4, -0.2) is 18.9 Å². The van der Waals surface area contributed by atoms with Crippen LogP contribution in [0.2, 0.25) is 0 Å². The van der Waals surface area contributed by atoms with Crippen molar-refractivity contribution in [2.75, 3.05) is 0 Å². The molecule has 0 radical (unpaired) electrons. The Hall–Kier alpha value is -5.22. The molecule has 4 heterocycles. The van der Waals surface area contributed by atoms with Crippen LogP contribution in [0.25, 0.3) is 82.8 Å². The highest BCUT2D eigenvalue weighted by Crippen LogP contribution is 2.47. The lowest BCUT2D eigenvalue weighted by Gasteiger charge is -2.12. The van der Waals surface area contributed by atoms with Crippen molar-refractivity contribution >= 4 is 76.9 Å². The third kappa shape index (κ3) is 2.65. The van der Waals surface area contributed by atoms with E-state index in [1.54, 1.807) is 0 Å². The molecule has 4 aromatic heterocycles. The normalized spacial score (nSPS) is 13.7. The van der Waals surface area contributed by atoms with Crippen molar-refractivity contribution in [2.24, 2.45) is 0 Å². The summed E-state index contributed by atoms with van der Waals surface area (Å²) in [5, 5.41) is 8.80. The predicted molar refractivity (Wildman–Crippen MR) is 171 cm³/mol. The van der Waals surface area contributed by atoms with Gasteiger partial charge in [0.15, 0.2) is 0 Å². The molecule has 1 aliphatic carbocycles. The van der Waals surface area contributed by atoms with Crippen LogP contribution in [0.3, 0.4) is 0 Å². The first kappa shape index (κ1) is 21.6. The second kappa shape index (κ2) is 7.49. The summed E-state index contributed by atoms with van der Waals surface area (Å²) in [4.78, 5) is 10.3. The molecule has 0 fully saturated rings. The van der Waals surface area contributed by atoms with Crippen LogP contribution in [0.5, 0.6) is 0 Å². The van der Waals surface area contributed by atoms with E-state index in [2.05, 4.69) is 119 Å². The molecule has 0 aliphatic heterocycles. The molecule has 0 spiro atoms. The zero-order valence-corrected chi connectivity index (χ0v) is 22.5. The predicted octanol–water partition coefficient (Wildman–Crippen LogP) is 9.14. The first-order valence-electron chi connectivity index (χ1n) is 14.3. The van der Waals surface area contributed by atoms with Gasteiger partial charge in [-0.2, -0.15) is 0 Å². The molecule has 0 amide bonds. The van der Waals surface area contributed by atoms with Crippen molar-refractivity contribution in [2.45, 2.75) is 19.8 Å². The molecule has 41 heavy (non-hydrogen) atoms. The number of aryl methyl sites for hydroxylation is 2. The number of hydrogen-bond acceptors (Lipinski definition) is 2. The van der Waals surface area contributed by atoms with E-state index in [1.165, 1.54) is 60.0 Å². The van der Waals surface area contributed by atoms with Crippen molar-refractivity contribution in [1.29, 1.82) is 0 Å². The third-order valence-corrected chi connectivity index (χ3v) is 9.22. The number of aromatic nitrogens is 4. The maximum Gasteiger partial charge on any atom is 0.235 e. The highest BCUT2D eigenvalue weighted by Gasteiger charge is 2.25. The standard InChI is InChI=1S/C37H24N4/c1-21-24-12-4-7-15-29(24)39-37(38-21)41-32-19-23-11-3-2-10-22(23)18-28(32)34-33(41)20-27-25-13-5-8-16-30(25)40-31-17-9-6-14-26(31)35(34)36(27)40/h3-9,11-20H,2,10H2,1H3. The highest BCUT2D eigenvalue weighted by molar-refractivity contribution is 6.35. The fourth-order valence-electron chi connectivity index (χ4n) is 7.47. The number of hydrogen-bond donors (Lipinski definition) is 0. The molecule has 0 unspecified atom stereocenters. The number of allylic oxidation sites excluding steroid dienone is 1. The Kier molecular flexibility index (Phi) is 3.94. The second-order valence-corrected chi connectivity index (χ2v) is 11.4. The van der Waals surface area contributed by atoms with Crippen LogP contribution in [0.1, 0.15) is 23.2 Å². The minimum Gasteiger partial charge on any atom is -0.308 e. The van der Waals surface area contributed by atoms with Crippen molar-refractivity contribution in [3.05, 3.63) is 114 Å². The third-order valence-electron chi connectivity index (χ3n) is 9.22. The van der Waals surface area contributed by atoms with Gasteiger partial charge in [0.05, 0.1) is 38.8 Å². The van der Waals surface area contributed by atoms with Gasteiger partial charge in [-0.05, 0) is 67.3 Å². The van der Waals surface area contributed by atoms with E-state index in [-0.39, 0.29) is 0 Å². The number of nitrogens with zero attached hydrogens (tertiary/aromatic N) is 4. The monoisotopic (exact) mass is 524 g/mol. The Morgan fingerprint density at radius 2 is 1.39 bits per heavy atom. The summed E-state index contributed by atoms with van der Waals surface area (Å²) in [6.07, 6.45) is 6.71. The summed E-state index contributed by atoms with van der Waals surface area (Å²) >= 11 is 0. The van der Waals surface area contributed by atoms with Crippen molar-refractivity contribution in [3.8, 4) is 5.95 Å². The number of para-hydroxylation sites is 3. The molecular formula is C37H24N4. The summed E-state index contributed by atoms with van der Waals surface area (Å²) in [5.41, 5.74) is 10.8. The van der Waals surface area contributed by atoms with E-state index in [0.717, 1.165) is 46.4 Å². The van der Waals surface area contributed by atoms with Gasteiger partial charge >= 0.3 is 0 Å². The van der Waals surface area contributed by atoms with E-state index in [0.29, 0.717) is 0 Å². The van der Waals surface area contributed by atoms with Crippen LogP contribution in [0.15, 0.2) is 97.1 Å². The van der Waals surface area contributed by atoms with Gasteiger partial charge in [-0.25, -0.2) is 9.97 Å². The molecule has 192 valence electrons. The summed E-state index contributed by atoms with van der Waals surface area (Å²) in [6.45, 7) is 2.09. The Morgan fingerprint density at radius 3 is 2.27 bits per heavy atom. The summed E-state index contributed by atoms with van der Waals surface area (Å²) in [6, 6.07) is 33.2. The lowest BCUT2D eigenvalue weighted by Crippen LogP contribution is -2.04. The lowest BCUT2D eigenvalue weighted by atomic mass is 9.94. The van der Waals surface area contributed by atoms with Gasteiger partial charge in [-0.3, -0.25) is 4.57 Å². The average Bonchev–Trinajstić information content (AvgIpc) is 3.64. The van der Waals surface area contributed by atoms with Gasteiger partial charge in [0.1, 0.15) is 0 Å². The molecule has 0 atom stereocenters. The smallest absolute Gasteiger partial charge is 0.235 e. The fraction of sp³-hybridized carbons (Fsp3) is 0.0811. The molecule has 5 aromatic carbocycles. The zero-order valence-electron chi connectivity index (χ0n) is 22.5. The zero-order chi connectivity index (χ0) is 26.8. The van der Waals surface area contributed by atoms with Crippen molar-refractivity contribution in [1.82, 2.24) is 18.9 Å². The number of benzene rings is 5. The van der Waals surface area contributed by atoms with Gasteiger partial charge in [0.2, 0.25) is 5.95 Å². The molecule has 0 saturated heterocycles. The van der Waals surface area contributed by atoms with E-state index >= 15 is 0 Å². The van der Waals surface area contributed by atoms with E-state index in [4.69, 9.17) is 9.97 Å². The van der Waals surface area contributed by atoms with Gasteiger partial charge in [-0.15, -0.1) is 0 Å². The average molecular weight is 525 g/mol. The van der Waals surface area contributed by atoms with E-state index < -0.39 is 0 Å². The molecular weight excluding hydrogens is 500 g/mol. The Bertz CT molecular complexity index is 2600. The molecule has 4 nitrogen and oxygen atoms in total. The molecule has 1 aliphatic rings. The summed E-state index contributed by atoms with van der Waals surface area (Å²) in [7, 11) is 0. The minimum atomic E-state index is 0.725. The van der Waals surface area contributed by atoms with Gasteiger partial charge in [0, 0.05) is 37.7 Å². The van der Waals surface area contributed by atoms with Crippen LogP contribution in [-0.2, 0) is 6.42 Å². The van der Waals surface area contributed by atoms with Gasteiger partial charge in [-0.1, -0.05) is 66.7 Å². The van der Waals surface area contributed by atoms with Crippen molar-refractivity contribution < 1.29 is 0 Å². The first-order valence-corrected chi connectivity index (χ1v) is 14.3. The molecule has 4 heteroatoms. The first-order chi connectivity index (χ1) is 20.3.